The summed E-state index contributed by atoms with van der Waals surface area (Å²) >= 11 is 3.65. The van der Waals surface area contributed by atoms with Crippen molar-refractivity contribution in [3.63, 3.8) is 0 Å². The first kappa shape index (κ1) is 21.5. The van der Waals surface area contributed by atoms with Crippen molar-refractivity contribution >= 4 is 39.5 Å². The third-order valence-electron chi connectivity index (χ3n) is 5.46. The van der Waals surface area contributed by atoms with E-state index in [2.05, 4.69) is 15.9 Å². The SMILES string of the molecule is O=C(C[C@@H](c1ccccc1Br)P(=O)(c1ccccc1)c1ccccc1)c1ccccc1. The van der Waals surface area contributed by atoms with Crippen LogP contribution in [0.1, 0.15) is 28.0 Å². The number of carbonyl (C=O) groups is 1. The van der Waals surface area contributed by atoms with Gasteiger partial charge in [0.15, 0.2) is 12.9 Å². The normalized spacial score (nSPS) is 12.3. The minimum absolute atomic E-state index is 0.0200. The molecule has 4 rings (SSSR count). The zero-order valence-electron chi connectivity index (χ0n) is 16.9. The summed E-state index contributed by atoms with van der Waals surface area (Å²) in [6, 6.07) is 36.1. The molecule has 0 N–H and O–H groups in total. The number of Topliss-reactive ketones (excluding diaryl/α,β-unsaturated/α-hetero) is 1. The molecule has 2 nitrogen and oxygen atoms in total. The summed E-state index contributed by atoms with van der Waals surface area (Å²) in [6.45, 7) is 0. The zero-order valence-corrected chi connectivity index (χ0v) is 19.4. The van der Waals surface area contributed by atoms with E-state index < -0.39 is 12.8 Å². The molecule has 0 saturated carbocycles. The highest BCUT2D eigenvalue weighted by atomic mass is 79.9. The highest BCUT2D eigenvalue weighted by Crippen LogP contribution is 2.60. The Balaban J connectivity index is 1.92. The molecule has 0 heterocycles. The Kier molecular flexibility index (Phi) is 6.65. The number of halogens is 1. The molecule has 0 fully saturated rings. The molecule has 4 heteroatoms. The summed E-state index contributed by atoms with van der Waals surface area (Å²) in [4.78, 5) is 13.3. The number of hydrogen-bond donors (Lipinski definition) is 0. The van der Waals surface area contributed by atoms with Gasteiger partial charge in [0.25, 0.3) is 0 Å². The molecule has 0 unspecified atom stereocenters. The van der Waals surface area contributed by atoms with Crippen molar-refractivity contribution in [1.82, 2.24) is 0 Å². The molecule has 0 aliphatic carbocycles. The number of benzene rings is 4. The van der Waals surface area contributed by atoms with Gasteiger partial charge < -0.3 is 4.57 Å². The largest absolute Gasteiger partial charge is 0.313 e. The second kappa shape index (κ2) is 9.60. The van der Waals surface area contributed by atoms with Crippen molar-refractivity contribution in [3.05, 3.63) is 131 Å². The first-order valence-electron chi connectivity index (χ1n) is 10.1. The van der Waals surface area contributed by atoms with E-state index in [-0.39, 0.29) is 12.2 Å². The molecule has 0 aromatic heterocycles. The molecule has 1 atom stereocenters. The standard InChI is InChI=1S/C27H22BrO2P/c28-25-19-11-10-18-24(25)27(20-26(29)21-12-4-1-5-13-21)31(30,22-14-6-2-7-15-22)23-16-8-3-9-17-23/h1-19,27H,20H2/t27-/m0/s1. The average Bonchev–Trinajstić information content (AvgIpc) is 2.84. The minimum Gasteiger partial charge on any atom is -0.313 e. The lowest BCUT2D eigenvalue weighted by Gasteiger charge is -2.29. The van der Waals surface area contributed by atoms with Crippen LogP contribution < -0.4 is 10.6 Å². The fraction of sp³-hybridized carbons (Fsp3) is 0.0741. The molecule has 0 aliphatic heterocycles. The maximum Gasteiger partial charge on any atom is 0.163 e. The van der Waals surface area contributed by atoms with Gasteiger partial charge in [0.05, 0.1) is 5.66 Å². The summed E-state index contributed by atoms with van der Waals surface area (Å²) in [7, 11) is -3.21. The maximum absolute atomic E-state index is 15.1. The van der Waals surface area contributed by atoms with Crippen LogP contribution in [-0.2, 0) is 4.57 Å². The molecule has 0 amide bonds. The highest BCUT2D eigenvalue weighted by molar-refractivity contribution is 9.10. The fourth-order valence-electron chi connectivity index (χ4n) is 3.91. The Morgan fingerprint density at radius 3 is 1.65 bits per heavy atom. The number of ketones is 1. The van der Waals surface area contributed by atoms with Gasteiger partial charge in [-0.2, -0.15) is 0 Å². The van der Waals surface area contributed by atoms with Crippen LogP contribution in [0.4, 0.5) is 0 Å². The van der Waals surface area contributed by atoms with E-state index in [9.17, 15) is 4.79 Å². The monoisotopic (exact) mass is 488 g/mol. The summed E-state index contributed by atoms with van der Waals surface area (Å²) in [6.07, 6.45) is 0.147. The van der Waals surface area contributed by atoms with Crippen LogP contribution >= 0.6 is 23.1 Å². The van der Waals surface area contributed by atoms with E-state index in [1.54, 1.807) is 0 Å². The van der Waals surface area contributed by atoms with Crippen LogP contribution in [0.15, 0.2) is 120 Å². The molecule has 0 bridgehead atoms. The van der Waals surface area contributed by atoms with E-state index in [0.29, 0.717) is 5.56 Å². The van der Waals surface area contributed by atoms with Crippen molar-refractivity contribution in [2.45, 2.75) is 12.1 Å². The fourth-order valence-corrected chi connectivity index (χ4v) is 7.93. The van der Waals surface area contributed by atoms with Gasteiger partial charge in [-0.3, -0.25) is 4.79 Å². The van der Waals surface area contributed by atoms with Crippen LogP contribution in [0.3, 0.4) is 0 Å². The first-order valence-corrected chi connectivity index (χ1v) is 12.7. The predicted octanol–water partition coefficient (Wildman–Crippen LogP) is 6.78. The molecule has 4 aromatic rings. The molecule has 4 aromatic carbocycles. The quantitative estimate of drug-likeness (QED) is 0.212. The van der Waals surface area contributed by atoms with Gasteiger partial charge in [0.1, 0.15) is 0 Å². The summed E-state index contributed by atoms with van der Waals surface area (Å²) in [5.74, 6) is -0.0200. The van der Waals surface area contributed by atoms with E-state index in [1.165, 1.54) is 0 Å². The number of carbonyl (C=O) groups excluding carboxylic acids is 1. The lowest BCUT2D eigenvalue weighted by atomic mass is 10.0. The van der Waals surface area contributed by atoms with Crippen LogP contribution in [0.25, 0.3) is 0 Å². The second-order valence-corrected chi connectivity index (χ2v) is 11.2. The topological polar surface area (TPSA) is 34.1 Å². The second-order valence-electron chi connectivity index (χ2n) is 7.36. The molecule has 154 valence electrons. The Morgan fingerprint density at radius 1 is 0.677 bits per heavy atom. The van der Waals surface area contributed by atoms with Gasteiger partial charge in [-0.1, -0.05) is 125 Å². The van der Waals surface area contributed by atoms with Gasteiger partial charge in [-0.15, -0.1) is 0 Å². The number of rotatable bonds is 7. The highest BCUT2D eigenvalue weighted by Gasteiger charge is 2.39. The third-order valence-corrected chi connectivity index (χ3v) is 9.65. The van der Waals surface area contributed by atoms with Gasteiger partial charge in [0.2, 0.25) is 0 Å². The minimum atomic E-state index is -3.21. The first-order chi connectivity index (χ1) is 15.1. The molecular formula is C27H22BrO2P. The lowest BCUT2D eigenvalue weighted by molar-refractivity contribution is 0.0981. The van der Waals surface area contributed by atoms with Crippen LogP contribution in [-0.4, -0.2) is 5.78 Å². The molecule has 0 radical (unpaired) electrons. The van der Waals surface area contributed by atoms with Crippen LogP contribution in [0.5, 0.6) is 0 Å². The molecule has 0 spiro atoms. The van der Waals surface area contributed by atoms with Crippen molar-refractivity contribution < 1.29 is 9.36 Å². The summed E-state index contributed by atoms with van der Waals surface area (Å²) in [5.41, 5.74) is 1.01. The predicted molar refractivity (Wildman–Crippen MR) is 132 cm³/mol. The Labute approximate surface area is 191 Å². The van der Waals surface area contributed by atoms with Crippen molar-refractivity contribution in [2.75, 3.05) is 0 Å². The van der Waals surface area contributed by atoms with E-state index >= 15 is 4.57 Å². The van der Waals surface area contributed by atoms with Crippen LogP contribution in [0.2, 0.25) is 0 Å². The molecule has 31 heavy (non-hydrogen) atoms. The van der Waals surface area contributed by atoms with Crippen molar-refractivity contribution in [1.29, 1.82) is 0 Å². The van der Waals surface area contributed by atoms with Gasteiger partial charge in [-0.05, 0) is 11.6 Å². The smallest absolute Gasteiger partial charge is 0.163 e. The zero-order chi connectivity index (χ0) is 21.7. The lowest BCUT2D eigenvalue weighted by Crippen LogP contribution is -2.23. The van der Waals surface area contributed by atoms with Gasteiger partial charge in [0, 0.05) is 27.1 Å². The third kappa shape index (κ3) is 4.49. The van der Waals surface area contributed by atoms with Crippen LogP contribution in [0, 0.1) is 0 Å². The molecule has 0 aliphatic rings. The van der Waals surface area contributed by atoms with E-state index in [1.807, 2.05) is 115 Å². The Hall–Kier alpha value is -2.74. The van der Waals surface area contributed by atoms with E-state index in [0.717, 1.165) is 20.6 Å². The summed E-state index contributed by atoms with van der Waals surface area (Å²) in [5, 5.41) is 1.51. The van der Waals surface area contributed by atoms with E-state index in [4.69, 9.17) is 0 Å². The van der Waals surface area contributed by atoms with Gasteiger partial charge in [-0.25, -0.2) is 0 Å². The number of hydrogen-bond acceptors (Lipinski definition) is 2. The molecular weight excluding hydrogens is 467 g/mol. The van der Waals surface area contributed by atoms with Crippen molar-refractivity contribution in [2.24, 2.45) is 0 Å². The maximum atomic E-state index is 15.1. The summed E-state index contributed by atoms with van der Waals surface area (Å²) < 4.78 is 15.9. The van der Waals surface area contributed by atoms with Crippen molar-refractivity contribution in [3.8, 4) is 0 Å². The Bertz CT molecular complexity index is 1160. The van der Waals surface area contributed by atoms with Gasteiger partial charge >= 0.3 is 0 Å². The molecule has 0 saturated heterocycles. The Morgan fingerprint density at radius 2 is 1.13 bits per heavy atom. The average molecular weight is 489 g/mol.